The summed E-state index contributed by atoms with van der Waals surface area (Å²) in [6.07, 6.45) is 4.80. The van der Waals surface area contributed by atoms with Crippen LogP contribution in [0.5, 0.6) is 0 Å². The van der Waals surface area contributed by atoms with Crippen LogP contribution in [0.15, 0.2) is 12.4 Å². The summed E-state index contributed by atoms with van der Waals surface area (Å²) in [5.74, 6) is -0.257. The fraction of sp³-hybridized carbons (Fsp3) is 0.583. The van der Waals surface area contributed by atoms with E-state index in [0.717, 1.165) is 19.0 Å². The minimum absolute atomic E-state index is 0.0236. The van der Waals surface area contributed by atoms with Crippen LogP contribution in [0.25, 0.3) is 0 Å². The van der Waals surface area contributed by atoms with Gasteiger partial charge < -0.3 is 4.90 Å². The minimum atomic E-state index is -0.562. The van der Waals surface area contributed by atoms with Gasteiger partial charge in [0.1, 0.15) is 18.9 Å². The number of Topliss-reactive ketones (excluding diaryl/α,β-unsaturated/α-hetero) is 1. The van der Waals surface area contributed by atoms with Gasteiger partial charge in [-0.05, 0) is 26.2 Å². The molecule has 1 atom stereocenters. The molecule has 8 nitrogen and oxygen atoms in total. The number of aromatic nitrogens is 2. The molecule has 8 heteroatoms. The Bertz CT molecular complexity index is 539. The highest BCUT2D eigenvalue weighted by atomic mass is 16.6. The third-order valence-electron chi connectivity index (χ3n) is 3.42. The van der Waals surface area contributed by atoms with Gasteiger partial charge in [-0.2, -0.15) is 5.10 Å². The minimum Gasteiger partial charge on any atom is -0.331 e. The lowest BCUT2D eigenvalue weighted by atomic mass is 9.99. The van der Waals surface area contributed by atoms with Crippen molar-refractivity contribution in [2.75, 3.05) is 6.54 Å². The van der Waals surface area contributed by atoms with Crippen molar-refractivity contribution >= 4 is 17.4 Å². The van der Waals surface area contributed by atoms with Crippen molar-refractivity contribution in [1.29, 1.82) is 0 Å². The molecule has 2 rings (SSSR count). The number of ketones is 1. The van der Waals surface area contributed by atoms with Crippen LogP contribution in [-0.4, -0.2) is 43.9 Å². The second-order valence-corrected chi connectivity index (χ2v) is 4.86. The first-order valence-corrected chi connectivity index (χ1v) is 6.46. The van der Waals surface area contributed by atoms with E-state index in [1.807, 2.05) is 0 Å². The first-order valence-electron chi connectivity index (χ1n) is 6.46. The van der Waals surface area contributed by atoms with Crippen molar-refractivity contribution in [3.8, 4) is 0 Å². The Labute approximate surface area is 115 Å². The van der Waals surface area contributed by atoms with Crippen LogP contribution >= 0.6 is 0 Å². The quantitative estimate of drug-likeness (QED) is 0.599. The Kier molecular flexibility index (Phi) is 4.11. The summed E-state index contributed by atoms with van der Waals surface area (Å²) in [5, 5.41) is 14.3. The van der Waals surface area contributed by atoms with Gasteiger partial charge >= 0.3 is 5.69 Å². The van der Waals surface area contributed by atoms with Crippen molar-refractivity contribution < 1.29 is 14.5 Å². The van der Waals surface area contributed by atoms with Gasteiger partial charge in [-0.3, -0.25) is 24.4 Å². The van der Waals surface area contributed by atoms with Crippen molar-refractivity contribution in [2.45, 2.75) is 38.8 Å². The predicted octanol–water partition coefficient (Wildman–Crippen LogP) is 0.761. The third-order valence-corrected chi connectivity index (χ3v) is 3.42. The molecule has 0 saturated carbocycles. The molecule has 1 amide bonds. The topological polar surface area (TPSA) is 98.3 Å². The third kappa shape index (κ3) is 3.01. The number of nitrogens with zero attached hydrogens (tertiary/aromatic N) is 4. The molecule has 0 bridgehead atoms. The Morgan fingerprint density at radius 3 is 2.85 bits per heavy atom. The predicted molar refractivity (Wildman–Crippen MR) is 68.9 cm³/mol. The first kappa shape index (κ1) is 14.2. The monoisotopic (exact) mass is 280 g/mol. The zero-order valence-electron chi connectivity index (χ0n) is 11.2. The summed E-state index contributed by atoms with van der Waals surface area (Å²) in [5.41, 5.74) is -0.153. The molecule has 0 aliphatic carbocycles. The first-order chi connectivity index (χ1) is 9.49. The molecular weight excluding hydrogens is 264 g/mol. The molecule has 0 spiro atoms. The highest BCUT2D eigenvalue weighted by molar-refractivity contribution is 5.87. The van der Waals surface area contributed by atoms with Crippen LogP contribution in [0.2, 0.25) is 0 Å². The fourth-order valence-corrected chi connectivity index (χ4v) is 2.42. The lowest BCUT2D eigenvalue weighted by Gasteiger charge is -2.34. The molecular formula is C12H16N4O4. The Hall–Kier alpha value is -2.25. The fourth-order valence-electron chi connectivity index (χ4n) is 2.42. The van der Waals surface area contributed by atoms with Crippen LogP contribution in [0, 0.1) is 10.1 Å². The summed E-state index contributed by atoms with van der Waals surface area (Å²) in [6, 6.07) is -0.373. The normalized spacial score (nSPS) is 18.9. The number of hydrogen-bond donors (Lipinski definition) is 0. The summed E-state index contributed by atoms with van der Waals surface area (Å²) in [7, 11) is 0. The van der Waals surface area contributed by atoms with Crippen molar-refractivity contribution in [3.05, 3.63) is 22.5 Å². The molecule has 0 N–H and O–H groups in total. The van der Waals surface area contributed by atoms with Gasteiger partial charge in [-0.25, -0.2) is 0 Å². The van der Waals surface area contributed by atoms with Crippen LogP contribution in [-0.2, 0) is 16.1 Å². The lowest BCUT2D eigenvalue weighted by molar-refractivity contribution is -0.385. The molecule has 1 unspecified atom stereocenters. The molecule has 2 heterocycles. The van der Waals surface area contributed by atoms with Gasteiger partial charge in [-0.15, -0.1) is 0 Å². The maximum atomic E-state index is 12.2. The van der Waals surface area contributed by atoms with Gasteiger partial charge in [0.05, 0.1) is 11.0 Å². The van der Waals surface area contributed by atoms with E-state index in [1.165, 1.54) is 17.8 Å². The smallest absolute Gasteiger partial charge is 0.307 e. The van der Waals surface area contributed by atoms with Gasteiger partial charge in [0.2, 0.25) is 5.91 Å². The average molecular weight is 280 g/mol. The van der Waals surface area contributed by atoms with E-state index in [-0.39, 0.29) is 30.0 Å². The number of nitro groups is 1. The van der Waals surface area contributed by atoms with Crippen LogP contribution in [0.1, 0.15) is 26.2 Å². The number of likely N-dealkylation sites (tertiary alicyclic amines) is 1. The second-order valence-electron chi connectivity index (χ2n) is 4.86. The second kappa shape index (κ2) is 5.81. The molecule has 1 aliphatic heterocycles. The maximum absolute atomic E-state index is 12.2. The van der Waals surface area contributed by atoms with Crippen LogP contribution in [0.4, 0.5) is 5.69 Å². The van der Waals surface area contributed by atoms with Gasteiger partial charge in [0.15, 0.2) is 5.78 Å². The molecule has 1 aromatic rings. The highest BCUT2D eigenvalue weighted by Crippen LogP contribution is 2.18. The standard InChI is InChI=1S/C12H16N4O4/c1-9(17)11-4-2-3-5-15(11)12(18)8-14-7-10(6-13-14)16(19)20/h6-7,11H,2-5,8H2,1H3. The summed E-state index contributed by atoms with van der Waals surface area (Å²) in [4.78, 5) is 35.3. The SMILES string of the molecule is CC(=O)C1CCCCN1C(=O)Cn1cc([N+](=O)[O-])cn1. The zero-order valence-corrected chi connectivity index (χ0v) is 11.2. The van der Waals surface area contributed by atoms with E-state index >= 15 is 0 Å². The van der Waals surface area contributed by atoms with E-state index in [1.54, 1.807) is 4.90 Å². The van der Waals surface area contributed by atoms with Crippen molar-refractivity contribution in [2.24, 2.45) is 0 Å². The highest BCUT2D eigenvalue weighted by Gasteiger charge is 2.29. The van der Waals surface area contributed by atoms with Crippen LogP contribution < -0.4 is 0 Å². The number of carbonyl (C=O) groups excluding carboxylic acids is 2. The van der Waals surface area contributed by atoms with E-state index < -0.39 is 4.92 Å². The number of amides is 1. The van der Waals surface area contributed by atoms with Crippen LogP contribution in [0.3, 0.4) is 0 Å². The average Bonchev–Trinajstić information content (AvgIpc) is 2.87. The molecule has 108 valence electrons. The van der Waals surface area contributed by atoms with E-state index in [4.69, 9.17) is 0 Å². The van der Waals surface area contributed by atoms with Gasteiger partial charge in [0, 0.05) is 6.54 Å². The maximum Gasteiger partial charge on any atom is 0.307 e. The lowest BCUT2D eigenvalue weighted by Crippen LogP contribution is -2.48. The number of hydrogen-bond acceptors (Lipinski definition) is 5. The Morgan fingerprint density at radius 2 is 2.25 bits per heavy atom. The zero-order chi connectivity index (χ0) is 14.7. The number of rotatable bonds is 4. The summed E-state index contributed by atoms with van der Waals surface area (Å²) >= 11 is 0. The van der Waals surface area contributed by atoms with Crippen molar-refractivity contribution in [1.82, 2.24) is 14.7 Å². The number of piperidine rings is 1. The van der Waals surface area contributed by atoms with Gasteiger partial charge in [0.25, 0.3) is 0 Å². The number of carbonyl (C=O) groups is 2. The largest absolute Gasteiger partial charge is 0.331 e. The van der Waals surface area contributed by atoms with E-state index in [0.29, 0.717) is 13.0 Å². The summed E-state index contributed by atoms with van der Waals surface area (Å²) < 4.78 is 1.23. The molecule has 0 aromatic carbocycles. The molecule has 1 aromatic heterocycles. The van der Waals surface area contributed by atoms with Gasteiger partial charge in [-0.1, -0.05) is 0 Å². The molecule has 20 heavy (non-hydrogen) atoms. The Morgan fingerprint density at radius 1 is 1.50 bits per heavy atom. The molecule has 1 aliphatic rings. The van der Waals surface area contributed by atoms with Crippen molar-refractivity contribution in [3.63, 3.8) is 0 Å². The molecule has 0 radical (unpaired) electrons. The summed E-state index contributed by atoms with van der Waals surface area (Å²) in [6.45, 7) is 1.94. The van der Waals surface area contributed by atoms with E-state index in [9.17, 15) is 19.7 Å². The Balaban J connectivity index is 2.05. The molecule has 1 saturated heterocycles. The van der Waals surface area contributed by atoms with E-state index in [2.05, 4.69) is 5.10 Å². The molecule has 1 fully saturated rings.